The van der Waals surface area contributed by atoms with Gasteiger partial charge < -0.3 is 19.4 Å². The zero-order valence-electron chi connectivity index (χ0n) is 17.4. The molecule has 3 rings (SSSR count). The molecular formula is C22H24N2O6. The van der Waals surface area contributed by atoms with Gasteiger partial charge in [0, 0.05) is 17.8 Å². The first-order valence-electron chi connectivity index (χ1n) is 9.66. The van der Waals surface area contributed by atoms with Gasteiger partial charge in [-0.05, 0) is 45.4 Å². The van der Waals surface area contributed by atoms with Crippen LogP contribution in [0.5, 0.6) is 5.75 Å². The van der Waals surface area contributed by atoms with Crippen LogP contribution in [0.2, 0.25) is 0 Å². The van der Waals surface area contributed by atoms with Gasteiger partial charge in [-0.25, -0.2) is 0 Å². The summed E-state index contributed by atoms with van der Waals surface area (Å²) in [7, 11) is 0. The van der Waals surface area contributed by atoms with E-state index in [1.54, 1.807) is 38.1 Å². The average molecular weight is 412 g/mol. The predicted molar refractivity (Wildman–Crippen MR) is 109 cm³/mol. The van der Waals surface area contributed by atoms with Crippen molar-refractivity contribution in [1.29, 1.82) is 0 Å². The second-order valence-electron chi connectivity index (χ2n) is 7.23. The lowest BCUT2D eigenvalue weighted by molar-refractivity contribution is -0.146. The van der Waals surface area contributed by atoms with Crippen LogP contribution in [-0.2, 0) is 14.3 Å². The van der Waals surface area contributed by atoms with E-state index >= 15 is 0 Å². The zero-order chi connectivity index (χ0) is 22.0. The van der Waals surface area contributed by atoms with E-state index in [2.05, 4.69) is 4.98 Å². The third-order valence-corrected chi connectivity index (χ3v) is 5.06. The van der Waals surface area contributed by atoms with Crippen molar-refractivity contribution in [2.24, 2.45) is 0 Å². The number of esters is 1. The number of rotatable bonds is 7. The fourth-order valence-electron chi connectivity index (χ4n) is 3.64. The number of hydrogen-bond acceptors (Lipinski definition) is 6. The first kappa shape index (κ1) is 21.3. The molecule has 0 saturated heterocycles. The smallest absolute Gasteiger partial charge is 0.308 e. The number of ketones is 2. The predicted octanol–water partition coefficient (Wildman–Crippen LogP) is 2.76. The van der Waals surface area contributed by atoms with Gasteiger partial charge in [0.2, 0.25) is 5.78 Å². The normalized spacial score (nSPS) is 14.0. The number of amides is 1. The van der Waals surface area contributed by atoms with Gasteiger partial charge in [-0.3, -0.25) is 19.2 Å². The highest BCUT2D eigenvalue weighted by atomic mass is 16.5. The molecule has 1 aliphatic rings. The van der Waals surface area contributed by atoms with E-state index in [4.69, 9.17) is 9.47 Å². The molecule has 0 spiro atoms. The standard InChI is InChI=1S/C22H24N2O6/c1-12-20(14(3)25)13(2)23-21(12)22(28)15(4)30-19(27)9-10-24-16-7-5-6-8-17(16)29-11-18(24)26/h5-8,15,23H,9-11H2,1-4H3/t15-/m0/s1. The number of aromatic nitrogens is 1. The van der Waals surface area contributed by atoms with Crippen LogP contribution in [0.25, 0.3) is 0 Å². The molecule has 1 aromatic carbocycles. The first-order valence-corrected chi connectivity index (χ1v) is 9.66. The Morgan fingerprint density at radius 2 is 1.93 bits per heavy atom. The molecule has 8 nitrogen and oxygen atoms in total. The van der Waals surface area contributed by atoms with Crippen molar-refractivity contribution in [2.75, 3.05) is 18.1 Å². The highest BCUT2D eigenvalue weighted by molar-refractivity contribution is 6.05. The number of fused-ring (bicyclic) bond motifs is 1. The van der Waals surface area contributed by atoms with E-state index in [1.807, 2.05) is 0 Å². The molecule has 2 heterocycles. The van der Waals surface area contributed by atoms with Crippen molar-refractivity contribution in [2.45, 2.75) is 40.2 Å². The van der Waals surface area contributed by atoms with E-state index < -0.39 is 17.9 Å². The molecule has 2 aromatic rings. The third-order valence-electron chi connectivity index (χ3n) is 5.06. The summed E-state index contributed by atoms with van der Waals surface area (Å²) in [5, 5.41) is 0. The second-order valence-corrected chi connectivity index (χ2v) is 7.23. The van der Waals surface area contributed by atoms with Gasteiger partial charge in [-0.15, -0.1) is 0 Å². The lowest BCUT2D eigenvalue weighted by atomic mass is 10.0. The SMILES string of the molecule is CC(=O)c1c(C)[nH]c(C(=O)[C@H](C)OC(=O)CCN2C(=O)COc3ccccc32)c1C. The molecule has 0 fully saturated rings. The van der Waals surface area contributed by atoms with Gasteiger partial charge in [-0.2, -0.15) is 0 Å². The Morgan fingerprint density at radius 3 is 2.60 bits per heavy atom. The van der Waals surface area contributed by atoms with Gasteiger partial charge in [-0.1, -0.05) is 12.1 Å². The van der Waals surface area contributed by atoms with Crippen molar-refractivity contribution in [3.05, 3.63) is 46.8 Å². The van der Waals surface area contributed by atoms with Crippen molar-refractivity contribution in [3.63, 3.8) is 0 Å². The maximum absolute atomic E-state index is 12.7. The molecule has 1 aliphatic heterocycles. The summed E-state index contributed by atoms with van der Waals surface area (Å²) < 4.78 is 10.7. The maximum Gasteiger partial charge on any atom is 0.308 e. The molecule has 158 valence electrons. The van der Waals surface area contributed by atoms with Crippen LogP contribution in [0.4, 0.5) is 5.69 Å². The molecule has 0 saturated carbocycles. The molecule has 0 radical (unpaired) electrons. The van der Waals surface area contributed by atoms with Crippen molar-refractivity contribution in [1.82, 2.24) is 4.98 Å². The summed E-state index contributed by atoms with van der Waals surface area (Å²) in [6.45, 7) is 6.35. The summed E-state index contributed by atoms with van der Waals surface area (Å²) in [6, 6.07) is 7.08. The van der Waals surface area contributed by atoms with Gasteiger partial charge in [0.25, 0.3) is 5.91 Å². The number of nitrogens with one attached hydrogen (secondary N) is 1. The van der Waals surface area contributed by atoms with Crippen LogP contribution in [0.3, 0.4) is 0 Å². The van der Waals surface area contributed by atoms with Crippen LogP contribution in [-0.4, -0.2) is 47.7 Å². The largest absolute Gasteiger partial charge is 0.482 e. The Morgan fingerprint density at radius 1 is 1.23 bits per heavy atom. The zero-order valence-corrected chi connectivity index (χ0v) is 17.4. The Balaban J connectivity index is 1.63. The number of benzene rings is 1. The first-order chi connectivity index (χ1) is 14.2. The number of ether oxygens (including phenoxy) is 2. The molecule has 8 heteroatoms. The molecule has 0 bridgehead atoms. The minimum absolute atomic E-state index is 0.0703. The highest BCUT2D eigenvalue weighted by Crippen LogP contribution is 2.31. The number of carbonyl (C=O) groups is 4. The monoisotopic (exact) mass is 412 g/mol. The summed E-state index contributed by atoms with van der Waals surface area (Å²) >= 11 is 0. The van der Waals surface area contributed by atoms with Gasteiger partial charge >= 0.3 is 5.97 Å². The molecule has 1 amide bonds. The lowest BCUT2D eigenvalue weighted by Gasteiger charge is -2.29. The van der Waals surface area contributed by atoms with Gasteiger partial charge in [0.1, 0.15) is 5.75 Å². The fourth-order valence-corrected chi connectivity index (χ4v) is 3.64. The molecule has 1 aromatic heterocycles. The van der Waals surface area contributed by atoms with Gasteiger partial charge in [0.05, 0.1) is 17.8 Å². The number of para-hydroxylation sites is 2. The summed E-state index contributed by atoms with van der Waals surface area (Å²) in [5.74, 6) is -0.822. The molecule has 30 heavy (non-hydrogen) atoms. The number of Topliss-reactive ketones (excluding diaryl/α,β-unsaturated/α-hetero) is 2. The van der Waals surface area contributed by atoms with Crippen molar-refractivity contribution >= 4 is 29.1 Å². The number of H-pyrrole nitrogens is 1. The van der Waals surface area contributed by atoms with E-state index in [0.717, 1.165) is 0 Å². The van der Waals surface area contributed by atoms with E-state index in [0.29, 0.717) is 28.3 Å². The Kier molecular flexibility index (Phi) is 6.05. The summed E-state index contributed by atoms with van der Waals surface area (Å²) in [5.41, 5.74) is 2.48. The Hall–Kier alpha value is -3.42. The molecule has 0 unspecified atom stereocenters. The summed E-state index contributed by atoms with van der Waals surface area (Å²) in [4.78, 5) is 53.4. The second kappa shape index (κ2) is 8.52. The molecular weight excluding hydrogens is 388 g/mol. The topological polar surface area (TPSA) is 106 Å². The van der Waals surface area contributed by atoms with E-state index in [9.17, 15) is 19.2 Å². The fraction of sp³-hybridized carbons (Fsp3) is 0.364. The van der Waals surface area contributed by atoms with E-state index in [1.165, 1.54) is 18.7 Å². The highest BCUT2D eigenvalue weighted by Gasteiger charge is 2.28. The lowest BCUT2D eigenvalue weighted by Crippen LogP contribution is -2.40. The minimum atomic E-state index is -1.03. The van der Waals surface area contributed by atoms with Gasteiger partial charge in [0.15, 0.2) is 18.5 Å². The van der Waals surface area contributed by atoms with Crippen LogP contribution in [0, 0.1) is 13.8 Å². The summed E-state index contributed by atoms with van der Waals surface area (Å²) in [6.07, 6.45) is -1.10. The van der Waals surface area contributed by atoms with E-state index in [-0.39, 0.29) is 37.0 Å². The Bertz CT molecular complexity index is 1020. The number of hydrogen-bond donors (Lipinski definition) is 1. The average Bonchev–Trinajstić information content (AvgIpc) is 3.00. The van der Waals surface area contributed by atoms with Crippen LogP contribution in [0.15, 0.2) is 24.3 Å². The molecule has 1 atom stereocenters. The number of aromatic amines is 1. The van der Waals surface area contributed by atoms with Crippen molar-refractivity contribution in [3.8, 4) is 5.75 Å². The third kappa shape index (κ3) is 4.12. The molecule has 0 aliphatic carbocycles. The van der Waals surface area contributed by atoms with Crippen LogP contribution in [0.1, 0.15) is 52.4 Å². The van der Waals surface area contributed by atoms with Crippen molar-refractivity contribution < 1.29 is 28.7 Å². The number of anilines is 1. The minimum Gasteiger partial charge on any atom is -0.482 e. The maximum atomic E-state index is 12.7. The quantitative estimate of drug-likeness (QED) is 0.554. The number of carbonyl (C=O) groups excluding carboxylic acids is 4. The number of nitrogens with zero attached hydrogens (tertiary/aromatic N) is 1. The number of aryl methyl sites for hydroxylation is 1. The van der Waals surface area contributed by atoms with Crippen LogP contribution < -0.4 is 9.64 Å². The van der Waals surface area contributed by atoms with Crippen LogP contribution >= 0.6 is 0 Å². The molecule has 1 N–H and O–H groups in total. The Labute approximate surface area is 174 Å².